The lowest BCUT2D eigenvalue weighted by Gasteiger charge is -2.17. The molecule has 0 bridgehead atoms. The fraction of sp³-hybridized carbons (Fsp3) is 0.208. The second-order valence-electron chi connectivity index (χ2n) is 7.34. The van der Waals surface area contributed by atoms with Crippen LogP contribution in [-0.4, -0.2) is 4.98 Å². The van der Waals surface area contributed by atoms with Gasteiger partial charge in [0.05, 0.1) is 10.7 Å². The first-order valence-corrected chi connectivity index (χ1v) is 11.2. The van der Waals surface area contributed by atoms with Crippen LogP contribution in [0.1, 0.15) is 28.8 Å². The summed E-state index contributed by atoms with van der Waals surface area (Å²) in [5.41, 5.74) is 7.11. The molecule has 0 aliphatic heterocycles. The van der Waals surface area contributed by atoms with Gasteiger partial charge in [0.15, 0.2) is 0 Å². The van der Waals surface area contributed by atoms with Gasteiger partial charge in [-0.05, 0) is 73.1 Å². The molecule has 148 valence electrons. The molecule has 0 N–H and O–H groups in total. The molecular weight excluding hydrogens is 441 g/mol. The van der Waals surface area contributed by atoms with Crippen molar-refractivity contribution >= 4 is 57.2 Å². The van der Waals surface area contributed by atoms with Crippen LogP contribution in [-0.2, 0) is 12.8 Å². The number of aryl methyl sites for hydroxylation is 2. The summed E-state index contributed by atoms with van der Waals surface area (Å²) in [4.78, 5) is 7.74. The number of halogens is 3. The van der Waals surface area contributed by atoms with E-state index in [1.165, 1.54) is 51.8 Å². The normalized spacial score (nSPS) is 13.2. The van der Waals surface area contributed by atoms with Crippen LogP contribution in [0.5, 0.6) is 0 Å². The molecule has 5 rings (SSSR count). The first kappa shape index (κ1) is 20.7. The van der Waals surface area contributed by atoms with Gasteiger partial charge in [-0.15, -0.1) is 23.7 Å². The topological polar surface area (TPSA) is 12.9 Å². The van der Waals surface area contributed by atoms with Crippen LogP contribution < -0.4 is 0 Å². The van der Waals surface area contributed by atoms with Crippen molar-refractivity contribution in [2.45, 2.75) is 32.6 Å². The van der Waals surface area contributed by atoms with Gasteiger partial charge in [0.1, 0.15) is 4.83 Å². The standard InChI is InChI=1S/C24H19Cl2NS.ClH/c1-14-21(15-7-3-2-4-8-15)22-18-9-5-6-10-20(18)28-24(22)27-23(14)17-12-11-16(25)13-19(17)26;/h2-4,7-8,11-13H,5-6,9-10H2,1H3;1H. The lowest BCUT2D eigenvalue weighted by molar-refractivity contribution is 0.700. The number of rotatable bonds is 2. The van der Waals surface area contributed by atoms with Crippen molar-refractivity contribution in [2.24, 2.45) is 0 Å². The van der Waals surface area contributed by atoms with E-state index in [1.807, 2.05) is 23.5 Å². The second kappa shape index (κ2) is 8.28. The van der Waals surface area contributed by atoms with Gasteiger partial charge in [-0.25, -0.2) is 4.98 Å². The molecule has 1 aliphatic rings. The van der Waals surface area contributed by atoms with E-state index in [9.17, 15) is 0 Å². The molecule has 0 radical (unpaired) electrons. The lowest BCUT2D eigenvalue weighted by atomic mass is 9.89. The Labute approximate surface area is 191 Å². The maximum atomic E-state index is 6.57. The predicted octanol–water partition coefficient (Wildman–Crippen LogP) is 8.55. The summed E-state index contributed by atoms with van der Waals surface area (Å²) in [6.45, 7) is 2.17. The summed E-state index contributed by atoms with van der Waals surface area (Å²) in [6, 6.07) is 16.3. The van der Waals surface area contributed by atoms with Crippen LogP contribution in [0.25, 0.3) is 32.6 Å². The average Bonchev–Trinajstić information content (AvgIpc) is 3.07. The molecule has 0 saturated heterocycles. The average molecular weight is 461 g/mol. The van der Waals surface area contributed by atoms with Gasteiger partial charge in [0, 0.05) is 20.8 Å². The Bertz CT molecular complexity index is 1200. The molecule has 2 heterocycles. The zero-order valence-electron chi connectivity index (χ0n) is 16.0. The fourth-order valence-electron chi connectivity index (χ4n) is 4.29. The second-order valence-corrected chi connectivity index (χ2v) is 9.27. The van der Waals surface area contributed by atoms with Crippen molar-refractivity contribution in [1.29, 1.82) is 0 Å². The Morgan fingerprint density at radius 1 is 0.966 bits per heavy atom. The Hall–Kier alpha value is -1.58. The molecule has 1 nitrogen and oxygen atoms in total. The maximum absolute atomic E-state index is 6.57. The highest BCUT2D eigenvalue weighted by Gasteiger charge is 2.24. The van der Waals surface area contributed by atoms with E-state index in [-0.39, 0.29) is 12.4 Å². The zero-order valence-corrected chi connectivity index (χ0v) is 19.1. The summed E-state index contributed by atoms with van der Waals surface area (Å²) in [5.74, 6) is 0. The summed E-state index contributed by atoms with van der Waals surface area (Å²) < 4.78 is 0. The van der Waals surface area contributed by atoms with Crippen LogP contribution in [0, 0.1) is 6.92 Å². The van der Waals surface area contributed by atoms with Crippen LogP contribution in [0.4, 0.5) is 0 Å². The first-order valence-electron chi connectivity index (χ1n) is 9.59. The predicted molar refractivity (Wildman–Crippen MR) is 129 cm³/mol. The number of thiophene rings is 1. The lowest BCUT2D eigenvalue weighted by Crippen LogP contribution is -2.00. The van der Waals surface area contributed by atoms with Crippen LogP contribution >= 0.6 is 46.9 Å². The molecule has 0 atom stereocenters. The van der Waals surface area contributed by atoms with E-state index in [0.29, 0.717) is 10.0 Å². The van der Waals surface area contributed by atoms with Gasteiger partial charge in [0.25, 0.3) is 0 Å². The smallest absolute Gasteiger partial charge is 0.125 e. The van der Waals surface area contributed by atoms with Crippen molar-refractivity contribution in [2.75, 3.05) is 0 Å². The number of hydrogen-bond acceptors (Lipinski definition) is 2. The van der Waals surface area contributed by atoms with Crippen LogP contribution in [0.2, 0.25) is 10.0 Å². The number of hydrogen-bond donors (Lipinski definition) is 0. The molecule has 0 saturated carbocycles. The minimum absolute atomic E-state index is 0. The van der Waals surface area contributed by atoms with Crippen molar-refractivity contribution in [3.8, 4) is 22.4 Å². The Morgan fingerprint density at radius 3 is 2.48 bits per heavy atom. The van der Waals surface area contributed by atoms with E-state index in [4.69, 9.17) is 28.2 Å². The van der Waals surface area contributed by atoms with E-state index in [0.717, 1.165) is 22.5 Å². The molecule has 2 aromatic carbocycles. The molecule has 0 amide bonds. The number of benzene rings is 2. The summed E-state index contributed by atoms with van der Waals surface area (Å²) >= 11 is 14.6. The molecule has 5 heteroatoms. The number of aromatic nitrogens is 1. The van der Waals surface area contributed by atoms with Gasteiger partial charge in [-0.3, -0.25) is 0 Å². The zero-order chi connectivity index (χ0) is 19.3. The van der Waals surface area contributed by atoms with E-state index in [2.05, 4.69) is 37.3 Å². The fourth-order valence-corrected chi connectivity index (χ4v) is 6.06. The third-order valence-corrected chi connectivity index (χ3v) is 7.33. The summed E-state index contributed by atoms with van der Waals surface area (Å²) in [7, 11) is 0. The van der Waals surface area contributed by atoms with E-state index >= 15 is 0 Å². The highest BCUT2D eigenvalue weighted by atomic mass is 35.5. The van der Waals surface area contributed by atoms with Crippen molar-refractivity contribution in [1.82, 2.24) is 4.98 Å². The summed E-state index contributed by atoms with van der Waals surface area (Å²) in [5, 5.41) is 2.63. The third-order valence-electron chi connectivity index (χ3n) is 5.59. The summed E-state index contributed by atoms with van der Waals surface area (Å²) in [6.07, 6.45) is 4.85. The SMILES string of the molecule is Cc1c(-c2ccc(Cl)cc2Cl)nc2sc3c(c2c1-c1ccccc1)CCCC3.Cl. The van der Waals surface area contributed by atoms with Crippen molar-refractivity contribution < 1.29 is 0 Å². The molecule has 29 heavy (non-hydrogen) atoms. The third kappa shape index (κ3) is 3.57. The largest absolute Gasteiger partial charge is 0.237 e. The van der Waals surface area contributed by atoms with E-state index in [1.54, 1.807) is 6.07 Å². The molecule has 0 spiro atoms. The van der Waals surface area contributed by atoms with E-state index < -0.39 is 0 Å². The number of fused-ring (bicyclic) bond motifs is 3. The molecular formula is C24H20Cl3NS. The maximum Gasteiger partial charge on any atom is 0.125 e. The van der Waals surface area contributed by atoms with Gasteiger partial charge in [-0.1, -0.05) is 53.5 Å². The molecule has 2 aromatic heterocycles. The Balaban J connectivity index is 0.00000205. The van der Waals surface area contributed by atoms with Gasteiger partial charge < -0.3 is 0 Å². The van der Waals surface area contributed by atoms with Crippen molar-refractivity contribution in [3.63, 3.8) is 0 Å². The van der Waals surface area contributed by atoms with Gasteiger partial charge in [0.2, 0.25) is 0 Å². The molecule has 0 fully saturated rings. The molecule has 4 aromatic rings. The number of nitrogens with zero attached hydrogens (tertiary/aromatic N) is 1. The highest BCUT2D eigenvalue weighted by molar-refractivity contribution is 7.19. The minimum atomic E-state index is 0. The van der Waals surface area contributed by atoms with Gasteiger partial charge >= 0.3 is 0 Å². The van der Waals surface area contributed by atoms with Crippen LogP contribution in [0.3, 0.4) is 0 Å². The van der Waals surface area contributed by atoms with Gasteiger partial charge in [-0.2, -0.15) is 0 Å². The van der Waals surface area contributed by atoms with Crippen molar-refractivity contribution in [3.05, 3.63) is 74.6 Å². The monoisotopic (exact) mass is 459 g/mol. The minimum Gasteiger partial charge on any atom is -0.237 e. The Kier molecular flexibility index (Phi) is 5.90. The molecule has 1 aliphatic carbocycles. The molecule has 0 unspecified atom stereocenters. The highest BCUT2D eigenvalue weighted by Crippen LogP contribution is 2.45. The number of pyridine rings is 1. The quantitative estimate of drug-likeness (QED) is 0.292. The Morgan fingerprint density at radius 2 is 1.72 bits per heavy atom. The van der Waals surface area contributed by atoms with Crippen LogP contribution in [0.15, 0.2) is 48.5 Å². The first-order chi connectivity index (χ1) is 13.6.